The van der Waals surface area contributed by atoms with Crippen molar-refractivity contribution in [3.8, 4) is 0 Å². The van der Waals surface area contributed by atoms with E-state index in [9.17, 15) is 0 Å². The van der Waals surface area contributed by atoms with Crippen molar-refractivity contribution in [3.63, 3.8) is 0 Å². The molecular formula is C11H24N2O. The molecule has 3 heteroatoms. The molecule has 1 aliphatic rings. The standard InChI is InChI=1S/C11H24N2O/c1-11(2,3)14-9-6-7-10(12-8-9)13(4)5/h9-10,12H,6-8H2,1-5H3. The second kappa shape index (κ2) is 4.60. The summed E-state index contributed by atoms with van der Waals surface area (Å²) in [6.07, 6.45) is 3.24. The van der Waals surface area contributed by atoms with Crippen LogP contribution in [-0.4, -0.2) is 43.4 Å². The first-order valence-electron chi connectivity index (χ1n) is 5.46. The molecule has 0 bridgehead atoms. The Kier molecular flexibility index (Phi) is 3.93. The summed E-state index contributed by atoms with van der Waals surface area (Å²) in [6.45, 7) is 7.32. The summed E-state index contributed by atoms with van der Waals surface area (Å²) in [5.74, 6) is 0. The van der Waals surface area contributed by atoms with E-state index < -0.39 is 0 Å². The van der Waals surface area contributed by atoms with Crippen LogP contribution < -0.4 is 5.32 Å². The lowest BCUT2D eigenvalue weighted by molar-refractivity contribution is -0.0762. The fourth-order valence-corrected chi connectivity index (χ4v) is 1.86. The van der Waals surface area contributed by atoms with Gasteiger partial charge >= 0.3 is 0 Å². The molecule has 2 unspecified atom stereocenters. The molecule has 2 atom stereocenters. The topological polar surface area (TPSA) is 24.5 Å². The van der Waals surface area contributed by atoms with Gasteiger partial charge in [0.1, 0.15) is 0 Å². The van der Waals surface area contributed by atoms with Crippen LogP contribution in [0.5, 0.6) is 0 Å². The Morgan fingerprint density at radius 2 is 1.86 bits per heavy atom. The highest BCUT2D eigenvalue weighted by molar-refractivity contribution is 4.78. The van der Waals surface area contributed by atoms with Gasteiger partial charge in [0.05, 0.1) is 17.9 Å². The van der Waals surface area contributed by atoms with Crippen LogP contribution in [0, 0.1) is 0 Å². The molecule has 1 fully saturated rings. The van der Waals surface area contributed by atoms with Crippen LogP contribution in [0.2, 0.25) is 0 Å². The summed E-state index contributed by atoms with van der Waals surface area (Å²) in [5, 5.41) is 3.49. The molecule has 0 aliphatic carbocycles. The maximum absolute atomic E-state index is 5.93. The average molecular weight is 200 g/mol. The van der Waals surface area contributed by atoms with Gasteiger partial charge in [-0.2, -0.15) is 0 Å². The normalized spacial score (nSPS) is 29.6. The Balaban J connectivity index is 2.29. The van der Waals surface area contributed by atoms with Crippen LogP contribution in [0.15, 0.2) is 0 Å². The molecule has 84 valence electrons. The number of hydrogen-bond acceptors (Lipinski definition) is 3. The lowest BCUT2D eigenvalue weighted by atomic mass is 10.1. The third kappa shape index (κ3) is 3.95. The van der Waals surface area contributed by atoms with Crippen LogP contribution in [-0.2, 0) is 4.74 Å². The van der Waals surface area contributed by atoms with Gasteiger partial charge in [-0.25, -0.2) is 0 Å². The first kappa shape index (κ1) is 12.0. The van der Waals surface area contributed by atoms with Crippen molar-refractivity contribution in [3.05, 3.63) is 0 Å². The molecule has 0 aromatic rings. The van der Waals surface area contributed by atoms with Crippen LogP contribution in [0.4, 0.5) is 0 Å². The van der Waals surface area contributed by atoms with E-state index in [1.807, 2.05) is 0 Å². The molecular weight excluding hydrogens is 176 g/mol. The molecule has 0 aromatic heterocycles. The van der Waals surface area contributed by atoms with Gasteiger partial charge in [0, 0.05) is 6.54 Å². The number of nitrogens with zero attached hydrogens (tertiary/aromatic N) is 1. The van der Waals surface area contributed by atoms with Gasteiger partial charge in [0.2, 0.25) is 0 Å². The van der Waals surface area contributed by atoms with Gasteiger partial charge in [-0.3, -0.25) is 10.2 Å². The van der Waals surface area contributed by atoms with Crippen LogP contribution >= 0.6 is 0 Å². The third-order valence-corrected chi connectivity index (χ3v) is 2.49. The summed E-state index contributed by atoms with van der Waals surface area (Å²) in [6, 6.07) is 0. The molecule has 1 heterocycles. The second-order valence-electron chi connectivity index (χ2n) is 5.32. The van der Waals surface area contributed by atoms with E-state index in [4.69, 9.17) is 4.74 Å². The maximum atomic E-state index is 5.93. The van der Waals surface area contributed by atoms with Crippen molar-refractivity contribution in [1.29, 1.82) is 0 Å². The summed E-state index contributed by atoms with van der Waals surface area (Å²) in [4.78, 5) is 2.23. The highest BCUT2D eigenvalue weighted by atomic mass is 16.5. The Labute approximate surface area is 87.8 Å². The largest absolute Gasteiger partial charge is 0.371 e. The first-order chi connectivity index (χ1) is 6.38. The quantitative estimate of drug-likeness (QED) is 0.730. The third-order valence-electron chi connectivity index (χ3n) is 2.49. The molecule has 1 saturated heterocycles. The molecule has 1 N–H and O–H groups in total. The van der Waals surface area contributed by atoms with E-state index in [0.717, 1.165) is 13.0 Å². The SMILES string of the molecule is CN(C)C1CCC(OC(C)(C)C)CN1. The zero-order valence-electron chi connectivity index (χ0n) is 10.1. The predicted octanol–water partition coefficient (Wildman–Crippen LogP) is 1.44. The Morgan fingerprint density at radius 3 is 2.21 bits per heavy atom. The average Bonchev–Trinajstić information content (AvgIpc) is 2.02. The lowest BCUT2D eigenvalue weighted by Crippen LogP contribution is -2.50. The van der Waals surface area contributed by atoms with Crippen LogP contribution in [0.3, 0.4) is 0 Å². The zero-order valence-corrected chi connectivity index (χ0v) is 10.1. The van der Waals surface area contributed by atoms with E-state index in [1.54, 1.807) is 0 Å². The first-order valence-corrected chi connectivity index (χ1v) is 5.46. The van der Waals surface area contributed by atoms with Crippen LogP contribution in [0.25, 0.3) is 0 Å². The number of ether oxygens (including phenoxy) is 1. The monoisotopic (exact) mass is 200 g/mol. The Hall–Kier alpha value is -0.120. The Bertz CT molecular complexity index is 167. The summed E-state index contributed by atoms with van der Waals surface area (Å²) < 4.78 is 5.93. The molecule has 0 saturated carbocycles. The van der Waals surface area contributed by atoms with Crippen LogP contribution in [0.1, 0.15) is 33.6 Å². The summed E-state index contributed by atoms with van der Waals surface area (Å²) in [5.41, 5.74) is -0.0166. The van der Waals surface area contributed by atoms with Crippen molar-refractivity contribution >= 4 is 0 Å². The molecule has 0 amide bonds. The van der Waals surface area contributed by atoms with Gasteiger partial charge in [-0.1, -0.05) is 0 Å². The molecule has 0 aromatic carbocycles. The van der Waals surface area contributed by atoms with E-state index in [2.05, 4.69) is 45.1 Å². The molecule has 3 nitrogen and oxygen atoms in total. The van der Waals surface area contributed by atoms with E-state index in [0.29, 0.717) is 12.3 Å². The minimum atomic E-state index is -0.0166. The lowest BCUT2D eigenvalue weighted by Gasteiger charge is -2.36. The van der Waals surface area contributed by atoms with Gasteiger partial charge in [-0.15, -0.1) is 0 Å². The number of hydrogen-bond donors (Lipinski definition) is 1. The number of piperidine rings is 1. The van der Waals surface area contributed by atoms with Gasteiger partial charge in [0.25, 0.3) is 0 Å². The molecule has 0 spiro atoms. The predicted molar refractivity (Wildman–Crippen MR) is 59.3 cm³/mol. The summed E-state index contributed by atoms with van der Waals surface area (Å²) in [7, 11) is 4.23. The van der Waals surface area contributed by atoms with Crippen molar-refractivity contribution in [2.75, 3.05) is 20.6 Å². The van der Waals surface area contributed by atoms with Crippen molar-refractivity contribution < 1.29 is 4.74 Å². The van der Waals surface area contributed by atoms with E-state index in [1.165, 1.54) is 6.42 Å². The molecule has 1 rings (SSSR count). The molecule has 14 heavy (non-hydrogen) atoms. The highest BCUT2D eigenvalue weighted by Crippen LogP contribution is 2.18. The minimum absolute atomic E-state index is 0.0166. The zero-order chi connectivity index (χ0) is 10.8. The fourth-order valence-electron chi connectivity index (χ4n) is 1.86. The number of nitrogens with one attached hydrogen (secondary N) is 1. The maximum Gasteiger partial charge on any atom is 0.0708 e. The van der Waals surface area contributed by atoms with Gasteiger partial charge in [0.15, 0.2) is 0 Å². The van der Waals surface area contributed by atoms with E-state index in [-0.39, 0.29) is 5.60 Å². The molecule has 1 aliphatic heterocycles. The molecule has 0 radical (unpaired) electrons. The highest BCUT2D eigenvalue weighted by Gasteiger charge is 2.25. The number of rotatable bonds is 2. The van der Waals surface area contributed by atoms with Crippen molar-refractivity contribution in [2.45, 2.75) is 51.5 Å². The minimum Gasteiger partial charge on any atom is -0.371 e. The van der Waals surface area contributed by atoms with E-state index >= 15 is 0 Å². The van der Waals surface area contributed by atoms with Crippen molar-refractivity contribution in [1.82, 2.24) is 10.2 Å². The second-order valence-corrected chi connectivity index (χ2v) is 5.32. The fraction of sp³-hybridized carbons (Fsp3) is 1.00. The Morgan fingerprint density at radius 1 is 1.21 bits per heavy atom. The van der Waals surface area contributed by atoms with Gasteiger partial charge < -0.3 is 4.74 Å². The van der Waals surface area contributed by atoms with Gasteiger partial charge in [-0.05, 0) is 47.7 Å². The summed E-state index contributed by atoms with van der Waals surface area (Å²) >= 11 is 0. The van der Waals surface area contributed by atoms with Crippen molar-refractivity contribution in [2.24, 2.45) is 0 Å². The smallest absolute Gasteiger partial charge is 0.0708 e.